The minimum atomic E-state index is -1.05. The van der Waals surface area contributed by atoms with Crippen LogP contribution >= 0.6 is 11.3 Å². The van der Waals surface area contributed by atoms with Gasteiger partial charge in [0.1, 0.15) is 6.61 Å². The zero-order chi connectivity index (χ0) is 12.7. The van der Waals surface area contributed by atoms with Crippen LogP contribution in [-0.2, 0) is 11.2 Å². The van der Waals surface area contributed by atoms with E-state index in [-0.39, 0.29) is 12.3 Å². The Hall–Kier alpha value is -1.89. The average Bonchev–Trinajstić information content (AvgIpc) is 2.75. The van der Waals surface area contributed by atoms with Crippen molar-refractivity contribution in [3.05, 3.63) is 28.7 Å². The molecule has 1 aromatic heterocycles. The van der Waals surface area contributed by atoms with Gasteiger partial charge in [0.25, 0.3) is 0 Å². The van der Waals surface area contributed by atoms with Crippen molar-refractivity contribution in [3.8, 4) is 0 Å². The number of thiazole rings is 1. The first kappa shape index (κ1) is 13.2. The molecule has 0 aliphatic heterocycles. The number of carboxylic acid groups (broad SMARTS) is 1. The molecule has 0 fully saturated rings. The van der Waals surface area contributed by atoms with E-state index in [1.807, 2.05) is 0 Å². The SMILES string of the molecule is C=CCOC(=O)NCCc1nc(C(=O)O)cs1. The van der Waals surface area contributed by atoms with Gasteiger partial charge in [0.15, 0.2) is 5.69 Å². The van der Waals surface area contributed by atoms with E-state index in [4.69, 9.17) is 9.84 Å². The number of carbonyl (C=O) groups excluding carboxylic acids is 1. The number of hydrogen-bond acceptors (Lipinski definition) is 5. The maximum absolute atomic E-state index is 11.0. The average molecular weight is 256 g/mol. The summed E-state index contributed by atoms with van der Waals surface area (Å²) in [5.74, 6) is -1.05. The minimum absolute atomic E-state index is 0.0271. The Balaban J connectivity index is 2.28. The standard InChI is InChI=1S/C10H12N2O4S/c1-2-5-16-10(15)11-4-3-8-12-7(6-17-8)9(13)14/h2,6H,1,3-5H2,(H,11,15)(H,13,14). The lowest BCUT2D eigenvalue weighted by Gasteiger charge is -2.03. The van der Waals surface area contributed by atoms with Gasteiger partial charge in [-0.3, -0.25) is 0 Å². The van der Waals surface area contributed by atoms with E-state index >= 15 is 0 Å². The van der Waals surface area contributed by atoms with Crippen molar-refractivity contribution >= 4 is 23.4 Å². The largest absolute Gasteiger partial charge is 0.476 e. The van der Waals surface area contributed by atoms with E-state index in [1.165, 1.54) is 22.8 Å². The third-order valence-corrected chi connectivity index (χ3v) is 2.62. The van der Waals surface area contributed by atoms with Crippen LogP contribution in [0.5, 0.6) is 0 Å². The molecule has 0 bridgehead atoms. The molecule has 17 heavy (non-hydrogen) atoms. The first-order valence-corrected chi connectivity index (χ1v) is 5.70. The number of carboxylic acids is 1. The van der Waals surface area contributed by atoms with E-state index in [1.54, 1.807) is 0 Å². The molecule has 1 heterocycles. The molecule has 0 atom stereocenters. The maximum atomic E-state index is 11.0. The second kappa shape index (κ2) is 6.64. The number of alkyl carbamates (subject to hydrolysis) is 1. The molecule has 1 aromatic rings. The molecule has 0 radical (unpaired) electrons. The molecule has 92 valence electrons. The summed E-state index contributed by atoms with van der Waals surface area (Å²) in [5.41, 5.74) is 0.0271. The minimum Gasteiger partial charge on any atom is -0.476 e. The molecule has 2 N–H and O–H groups in total. The predicted molar refractivity (Wildman–Crippen MR) is 62.3 cm³/mol. The summed E-state index contributed by atoms with van der Waals surface area (Å²) in [6.45, 7) is 3.92. The van der Waals surface area contributed by atoms with Crippen molar-refractivity contribution < 1.29 is 19.4 Å². The Labute approximate surface area is 102 Å². The fraction of sp³-hybridized carbons (Fsp3) is 0.300. The van der Waals surface area contributed by atoms with E-state index in [2.05, 4.69) is 16.9 Å². The van der Waals surface area contributed by atoms with Gasteiger partial charge in [-0.1, -0.05) is 12.7 Å². The summed E-state index contributed by atoms with van der Waals surface area (Å²) < 4.78 is 4.69. The monoisotopic (exact) mass is 256 g/mol. The molecule has 0 aliphatic rings. The summed E-state index contributed by atoms with van der Waals surface area (Å²) in [4.78, 5) is 25.5. The number of hydrogen-bond donors (Lipinski definition) is 2. The molecule has 7 heteroatoms. The normalized spacial score (nSPS) is 9.65. The highest BCUT2D eigenvalue weighted by Gasteiger charge is 2.08. The number of rotatable bonds is 6. The molecule has 0 saturated heterocycles. The van der Waals surface area contributed by atoms with E-state index < -0.39 is 12.1 Å². The van der Waals surface area contributed by atoms with Crippen LogP contribution in [0.3, 0.4) is 0 Å². The highest BCUT2D eigenvalue weighted by molar-refractivity contribution is 7.09. The van der Waals surface area contributed by atoms with Gasteiger partial charge < -0.3 is 15.2 Å². The smallest absolute Gasteiger partial charge is 0.407 e. The number of aromatic nitrogens is 1. The highest BCUT2D eigenvalue weighted by atomic mass is 32.1. The van der Waals surface area contributed by atoms with E-state index in [0.29, 0.717) is 18.0 Å². The molecule has 0 aromatic carbocycles. The third-order valence-electron chi connectivity index (χ3n) is 1.71. The lowest BCUT2D eigenvalue weighted by atomic mass is 10.4. The van der Waals surface area contributed by atoms with Crippen LogP contribution in [-0.4, -0.2) is 35.3 Å². The fourth-order valence-corrected chi connectivity index (χ4v) is 1.75. The zero-order valence-corrected chi connectivity index (χ0v) is 9.83. The zero-order valence-electron chi connectivity index (χ0n) is 9.01. The Kier molecular flexibility index (Phi) is 5.15. The van der Waals surface area contributed by atoms with Crippen LogP contribution in [0.25, 0.3) is 0 Å². The van der Waals surface area contributed by atoms with Crippen LogP contribution in [0.4, 0.5) is 4.79 Å². The number of amides is 1. The second-order valence-electron chi connectivity index (χ2n) is 3.00. The molecule has 1 rings (SSSR count). The van der Waals surface area contributed by atoms with E-state index in [0.717, 1.165) is 0 Å². The van der Waals surface area contributed by atoms with Crippen molar-refractivity contribution in [2.45, 2.75) is 6.42 Å². The Bertz CT molecular complexity index is 416. The molecule has 0 aliphatic carbocycles. The van der Waals surface area contributed by atoms with Crippen molar-refractivity contribution in [2.24, 2.45) is 0 Å². The topological polar surface area (TPSA) is 88.5 Å². The summed E-state index contributed by atoms with van der Waals surface area (Å²) >= 11 is 1.25. The quantitative estimate of drug-likeness (QED) is 0.749. The lowest BCUT2D eigenvalue weighted by molar-refractivity contribution is 0.0691. The van der Waals surface area contributed by atoms with Gasteiger partial charge in [-0.05, 0) is 0 Å². The molecule has 1 amide bonds. The van der Waals surface area contributed by atoms with Gasteiger partial charge in [-0.25, -0.2) is 14.6 Å². The summed E-state index contributed by atoms with van der Waals surface area (Å²) in [5, 5.41) is 13.3. The van der Waals surface area contributed by atoms with Crippen molar-refractivity contribution in [1.82, 2.24) is 10.3 Å². The summed E-state index contributed by atoms with van der Waals surface area (Å²) in [6.07, 6.45) is 1.42. The van der Waals surface area contributed by atoms with Crippen molar-refractivity contribution in [2.75, 3.05) is 13.2 Å². The molecule has 6 nitrogen and oxygen atoms in total. The summed E-state index contributed by atoms with van der Waals surface area (Å²) in [7, 11) is 0. The van der Waals surface area contributed by atoms with Gasteiger partial charge in [0.05, 0.1) is 5.01 Å². The molecule has 0 saturated carbocycles. The number of aromatic carboxylic acids is 1. The van der Waals surface area contributed by atoms with Crippen LogP contribution in [0.1, 0.15) is 15.5 Å². The van der Waals surface area contributed by atoms with Crippen molar-refractivity contribution in [1.29, 1.82) is 0 Å². The van der Waals surface area contributed by atoms with Gasteiger partial charge in [0.2, 0.25) is 0 Å². The predicted octanol–water partition coefficient (Wildman–Crippen LogP) is 1.30. The van der Waals surface area contributed by atoms with Crippen LogP contribution in [0, 0.1) is 0 Å². The molecule has 0 unspecified atom stereocenters. The number of nitrogens with zero attached hydrogens (tertiary/aromatic N) is 1. The lowest BCUT2D eigenvalue weighted by Crippen LogP contribution is -2.26. The highest BCUT2D eigenvalue weighted by Crippen LogP contribution is 2.09. The molecular weight excluding hydrogens is 244 g/mol. The van der Waals surface area contributed by atoms with Crippen molar-refractivity contribution in [3.63, 3.8) is 0 Å². The van der Waals surface area contributed by atoms with Gasteiger partial charge in [-0.15, -0.1) is 11.3 Å². The number of ether oxygens (including phenoxy) is 1. The van der Waals surface area contributed by atoms with Crippen LogP contribution < -0.4 is 5.32 Å². The first-order chi connectivity index (χ1) is 8.13. The Morgan fingerprint density at radius 3 is 3.00 bits per heavy atom. The fourth-order valence-electron chi connectivity index (χ4n) is 0.981. The second-order valence-corrected chi connectivity index (χ2v) is 3.94. The molecular formula is C10H12N2O4S. The van der Waals surface area contributed by atoms with Crippen LogP contribution in [0.2, 0.25) is 0 Å². The van der Waals surface area contributed by atoms with Gasteiger partial charge >= 0.3 is 12.1 Å². The van der Waals surface area contributed by atoms with Crippen LogP contribution in [0.15, 0.2) is 18.0 Å². The molecule has 0 spiro atoms. The number of nitrogens with one attached hydrogen (secondary N) is 1. The maximum Gasteiger partial charge on any atom is 0.407 e. The van der Waals surface area contributed by atoms with Gasteiger partial charge in [0, 0.05) is 18.3 Å². The first-order valence-electron chi connectivity index (χ1n) is 4.82. The Morgan fingerprint density at radius 2 is 2.41 bits per heavy atom. The van der Waals surface area contributed by atoms with Gasteiger partial charge in [-0.2, -0.15) is 0 Å². The van der Waals surface area contributed by atoms with E-state index in [9.17, 15) is 9.59 Å². The summed E-state index contributed by atoms with van der Waals surface area (Å²) in [6, 6.07) is 0. The third kappa shape index (κ3) is 4.64. The number of carbonyl (C=O) groups is 2. The Morgan fingerprint density at radius 1 is 1.65 bits per heavy atom.